The van der Waals surface area contributed by atoms with E-state index in [0.29, 0.717) is 17.2 Å². The fourth-order valence-electron chi connectivity index (χ4n) is 1.82. The lowest BCUT2D eigenvalue weighted by Gasteiger charge is -2.09. The number of rotatable bonds is 5. The lowest BCUT2D eigenvalue weighted by Crippen LogP contribution is -2.06. The molecule has 0 radical (unpaired) electrons. The SMILES string of the molecule is CCCNc1cc(CC)nc(-c2cccc(Cl)c2F)n1. The first kappa shape index (κ1) is 14.7. The Bertz CT molecular complexity index is 602. The Morgan fingerprint density at radius 2 is 2.05 bits per heavy atom. The average Bonchev–Trinajstić information content (AvgIpc) is 2.47. The summed E-state index contributed by atoms with van der Waals surface area (Å²) < 4.78 is 14.1. The van der Waals surface area contributed by atoms with Crippen LogP contribution in [-0.4, -0.2) is 16.5 Å². The molecule has 1 N–H and O–H groups in total. The Labute approximate surface area is 123 Å². The van der Waals surface area contributed by atoms with E-state index in [4.69, 9.17) is 11.6 Å². The zero-order valence-electron chi connectivity index (χ0n) is 11.6. The molecule has 0 unspecified atom stereocenters. The maximum absolute atomic E-state index is 14.1. The molecular formula is C15H17ClFN3. The van der Waals surface area contributed by atoms with Gasteiger partial charge in [0.2, 0.25) is 0 Å². The number of nitrogens with zero attached hydrogens (tertiary/aromatic N) is 2. The zero-order chi connectivity index (χ0) is 14.5. The second-order valence-corrected chi connectivity index (χ2v) is 4.86. The summed E-state index contributed by atoms with van der Waals surface area (Å²) in [5, 5.41) is 3.29. The molecule has 5 heteroatoms. The minimum Gasteiger partial charge on any atom is -0.370 e. The van der Waals surface area contributed by atoms with E-state index in [-0.39, 0.29) is 5.02 Å². The van der Waals surface area contributed by atoms with Crippen LogP contribution in [0, 0.1) is 5.82 Å². The Morgan fingerprint density at radius 1 is 1.25 bits per heavy atom. The summed E-state index contributed by atoms with van der Waals surface area (Å²) in [4.78, 5) is 8.75. The summed E-state index contributed by atoms with van der Waals surface area (Å²) in [5.41, 5.74) is 1.19. The lowest BCUT2D eigenvalue weighted by atomic mass is 10.2. The molecule has 0 amide bonds. The van der Waals surface area contributed by atoms with Crippen LogP contribution in [0.4, 0.5) is 10.2 Å². The topological polar surface area (TPSA) is 37.8 Å². The Balaban J connectivity index is 2.47. The van der Waals surface area contributed by atoms with Gasteiger partial charge in [-0.25, -0.2) is 14.4 Å². The molecule has 0 spiro atoms. The summed E-state index contributed by atoms with van der Waals surface area (Å²) in [6, 6.07) is 6.74. The van der Waals surface area contributed by atoms with E-state index >= 15 is 0 Å². The monoisotopic (exact) mass is 293 g/mol. The van der Waals surface area contributed by atoms with Crippen molar-refractivity contribution in [2.45, 2.75) is 26.7 Å². The first-order valence-corrected chi connectivity index (χ1v) is 7.09. The van der Waals surface area contributed by atoms with Crippen molar-refractivity contribution in [3.8, 4) is 11.4 Å². The number of benzene rings is 1. The van der Waals surface area contributed by atoms with Crippen molar-refractivity contribution in [3.63, 3.8) is 0 Å². The fourth-order valence-corrected chi connectivity index (χ4v) is 1.99. The van der Waals surface area contributed by atoms with E-state index < -0.39 is 5.82 Å². The molecule has 20 heavy (non-hydrogen) atoms. The third-order valence-corrected chi connectivity index (χ3v) is 3.18. The van der Waals surface area contributed by atoms with E-state index in [0.717, 1.165) is 25.1 Å². The fraction of sp³-hybridized carbons (Fsp3) is 0.333. The molecule has 0 aliphatic carbocycles. The maximum atomic E-state index is 14.1. The highest BCUT2D eigenvalue weighted by atomic mass is 35.5. The van der Waals surface area contributed by atoms with Crippen molar-refractivity contribution in [1.29, 1.82) is 0 Å². The largest absolute Gasteiger partial charge is 0.370 e. The molecule has 106 valence electrons. The van der Waals surface area contributed by atoms with Crippen LogP contribution in [0.25, 0.3) is 11.4 Å². The molecular weight excluding hydrogens is 277 g/mol. The normalized spacial score (nSPS) is 10.6. The molecule has 1 aromatic heterocycles. The lowest BCUT2D eigenvalue weighted by molar-refractivity contribution is 0.630. The Morgan fingerprint density at radius 3 is 2.75 bits per heavy atom. The van der Waals surface area contributed by atoms with E-state index in [1.54, 1.807) is 12.1 Å². The first-order chi connectivity index (χ1) is 9.65. The van der Waals surface area contributed by atoms with Gasteiger partial charge in [-0.1, -0.05) is 31.5 Å². The number of halogens is 2. The quantitative estimate of drug-likeness (QED) is 0.892. The third-order valence-electron chi connectivity index (χ3n) is 2.89. The first-order valence-electron chi connectivity index (χ1n) is 6.72. The standard InChI is InChI=1S/C15H17ClFN3/c1-3-8-18-13-9-10(4-2)19-15(20-13)11-6-5-7-12(16)14(11)17/h5-7,9H,3-4,8H2,1-2H3,(H,18,19,20). The van der Waals surface area contributed by atoms with Gasteiger partial charge in [0.25, 0.3) is 0 Å². The summed E-state index contributed by atoms with van der Waals surface area (Å²) in [6.45, 7) is 4.90. The van der Waals surface area contributed by atoms with Crippen molar-refractivity contribution in [2.75, 3.05) is 11.9 Å². The van der Waals surface area contributed by atoms with Crippen LogP contribution in [0.2, 0.25) is 5.02 Å². The highest BCUT2D eigenvalue weighted by Gasteiger charge is 2.13. The van der Waals surface area contributed by atoms with E-state index in [1.165, 1.54) is 6.07 Å². The minimum absolute atomic E-state index is 0.0797. The molecule has 3 nitrogen and oxygen atoms in total. The second-order valence-electron chi connectivity index (χ2n) is 4.45. The van der Waals surface area contributed by atoms with E-state index in [9.17, 15) is 4.39 Å². The predicted molar refractivity (Wildman–Crippen MR) is 80.6 cm³/mol. The van der Waals surface area contributed by atoms with Gasteiger partial charge >= 0.3 is 0 Å². The number of hydrogen-bond acceptors (Lipinski definition) is 3. The maximum Gasteiger partial charge on any atom is 0.164 e. The molecule has 0 bridgehead atoms. The van der Waals surface area contributed by atoms with E-state index in [2.05, 4.69) is 22.2 Å². The van der Waals surface area contributed by atoms with Crippen LogP contribution in [-0.2, 0) is 6.42 Å². The zero-order valence-corrected chi connectivity index (χ0v) is 12.3. The predicted octanol–water partition coefficient (Wildman–Crippen LogP) is 4.32. The van der Waals surface area contributed by atoms with Crippen molar-refractivity contribution >= 4 is 17.4 Å². The summed E-state index contributed by atoms with van der Waals surface area (Å²) in [7, 11) is 0. The number of nitrogens with one attached hydrogen (secondary N) is 1. The van der Waals surface area contributed by atoms with E-state index in [1.807, 2.05) is 13.0 Å². The molecule has 1 aromatic carbocycles. The van der Waals surface area contributed by atoms with Gasteiger partial charge in [0.15, 0.2) is 11.6 Å². The molecule has 0 saturated heterocycles. The second kappa shape index (κ2) is 6.66. The van der Waals surface area contributed by atoms with Gasteiger partial charge in [-0.2, -0.15) is 0 Å². The van der Waals surface area contributed by atoms with Crippen LogP contribution < -0.4 is 5.32 Å². The minimum atomic E-state index is -0.483. The van der Waals surface area contributed by atoms with Gasteiger partial charge in [0.1, 0.15) is 5.82 Å². The van der Waals surface area contributed by atoms with Crippen molar-refractivity contribution in [2.24, 2.45) is 0 Å². The smallest absolute Gasteiger partial charge is 0.164 e. The molecule has 0 fully saturated rings. The van der Waals surface area contributed by atoms with Gasteiger partial charge in [0, 0.05) is 18.3 Å². The summed E-state index contributed by atoms with van der Waals surface area (Å²) in [6.07, 6.45) is 1.75. The summed E-state index contributed by atoms with van der Waals surface area (Å²) in [5.74, 6) is 0.597. The van der Waals surface area contributed by atoms with Gasteiger partial charge in [-0.3, -0.25) is 0 Å². The van der Waals surface area contributed by atoms with Crippen LogP contribution in [0.3, 0.4) is 0 Å². The molecule has 0 saturated carbocycles. The van der Waals surface area contributed by atoms with Crippen molar-refractivity contribution in [3.05, 3.63) is 40.8 Å². The molecule has 2 rings (SSSR count). The molecule has 0 aliphatic heterocycles. The van der Waals surface area contributed by atoms with Crippen molar-refractivity contribution in [1.82, 2.24) is 9.97 Å². The highest BCUT2D eigenvalue weighted by Crippen LogP contribution is 2.26. The molecule has 0 atom stereocenters. The number of aromatic nitrogens is 2. The number of anilines is 1. The van der Waals surface area contributed by atoms with Crippen molar-refractivity contribution < 1.29 is 4.39 Å². The van der Waals surface area contributed by atoms with Crippen LogP contribution in [0.5, 0.6) is 0 Å². The molecule has 0 aliphatic rings. The highest BCUT2D eigenvalue weighted by molar-refractivity contribution is 6.31. The molecule has 1 heterocycles. The average molecular weight is 294 g/mol. The molecule has 2 aromatic rings. The third kappa shape index (κ3) is 3.25. The summed E-state index contributed by atoms with van der Waals surface area (Å²) >= 11 is 5.81. The van der Waals surface area contributed by atoms with Gasteiger partial charge in [0.05, 0.1) is 10.6 Å². The van der Waals surface area contributed by atoms with Gasteiger partial charge < -0.3 is 5.32 Å². The van der Waals surface area contributed by atoms with Crippen LogP contribution in [0.15, 0.2) is 24.3 Å². The van der Waals surface area contributed by atoms with Crippen LogP contribution in [0.1, 0.15) is 26.0 Å². The number of hydrogen-bond donors (Lipinski definition) is 1. The number of aryl methyl sites for hydroxylation is 1. The van der Waals surface area contributed by atoms with Gasteiger partial charge in [-0.15, -0.1) is 0 Å². The van der Waals surface area contributed by atoms with Gasteiger partial charge in [-0.05, 0) is 25.0 Å². The Hall–Kier alpha value is -1.68. The Kier molecular flexibility index (Phi) is 4.90. The van der Waals surface area contributed by atoms with Crippen LogP contribution >= 0.6 is 11.6 Å².